The number of halogens is 1. The van der Waals surface area contributed by atoms with E-state index in [0.717, 1.165) is 25.7 Å². The van der Waals surface area contributed by atoms with Crippen molar-refractivity contribution in [2.24, 2.45) is 5.92 Å². The summed E-state index contributed by atoms with van der Waals surface area (Å²) in [6, 6.07) is 1.42. The molecule has 6 heteroatoms. The first-order valence-corrected chi connectivity index (χ1v) is 7.11. The molecule has 0 aliphatic heterocycles. The molecule has 1 aromatic rings. The van der Waals surface area contributed by atoms with E-state index < -0.39 is 11.5 Å². The average molecular weight is 299 g/mol. The van der Waals surface area contributed by atoms with Gasteiger partial charge in [0, 0.05) is 6.20 Å². The van der Waals surface area contributed by atoms with E-state index >= 15 is 0 Å². The van der Waals surface area contributed by atoms with Crippen molar-refractivity contribution in [2.75, 3.05) is 11.9 Å². The fourth-order valence-corrected chi connectivity index (χ4v) is 2.76. The summed E-state index contributed by atoms with van der Waals surface area (Å²) in [6.45, 7) is 2.21. The lowest BCUT2D eigenvalue weighted by molar-refractivity contribution is 0.0697. The monoisotopic (exact) mass is 298 g/mol. The molecule has 1 aromatic heterocycles. The number of aromatic nitrogens is 1. The van der Waals surface area contributed by atoms with E-state index in [9.17, 15) is 9.90 Å². The molecule has 0 atom stereocenters. The highest BCUT2D eigenvalue weighted by molar-refractivity contribution is 6.33. The molecule has 0 amide bonds. The van der Waals surface area contributed by atoms with Crippen LogP contribution in [0, 0.1) is 5.92 Å². The lowest BCUT2D eigenvalue weighted by Crippen LogP contribution is -2.45. The number of aliphatic hydroxyl groups is 1. The van der Waals surface area contributed by atoms with Gasteiger partial charge < -0.3 is 15.5 Å². The predicted octanol–water partition coefficient (Wildman–Crippen LogP) is 2.79. The molecule has 0 spiro atoms. The number of anilines is 1. The number of nitrogens with zero attached hydrogens (tertiary/aromatic N) is 1. The third-order valence-corrected chi connectivity index (χ3v) is 4.31. The number of aliphatic hydroxyl groups excluding tert-OH is 1. The van der Waals surface area contributed by atoms with Crippen LogP contribution in [0.4, 0.5) is 5.82 Å². The van der Waals surface area contributed by atoms with Crippen molar-refractivity contribution in [1.29, 1.82) is 0 Å². The Morgan fingerprint density at radius 1 is 1.55 bits per heavy atom. The van der Waals surface area contributed by atoms with Gasteiger partial charge in [-0.2, -0.15) is 0 Å². The van der Waals surface area contributed by atoms with Gasteiger partial charge >= 0.3 is 5.97 Å². The molecule has 5 nitrogen and oxygen atoms in total. The molecule has 1 heterocycles. The summed E-state index contributed by atoms with van der Waals surface area (Å²) in [5.74, 6) is 0.00963. The summed E-state index contributed by atoms with van der Waals surface area (Å²) in [5.41, 5.74) is -0.398. The van der Waals surface area contributed by atoms with Crippen LogP contribution in [0.25, 0.3) is 0 Å². The average Bonchev–Trinajstić information content (AvgIpc) is 2.43. The largest absolute Gasteiger partial charge is 0.478 e. The topological polar surface area (TPSA) is 82.5 Å². The number of nitrogens with one attached hydrogen (secondary N) is 1. The summed E-state index contributed by atoms with van der Waals surface area (Å²) in [7, 11) is 0. The highest BCUT2D eigenvalue weighted by Gasteiger charge is 2.34. The Labute approximate surface area is 123 Å². The van der Waals surface area contributed by atoms with Gasteiger partial charge in [-0.15, -0.1) is 0 Å². The van der Waals surface area contributed by atoms with Crippen molar-refractivity contribution in [1.82, 2.24) is 4.98 Å². The van der Waals surface area contributed by atoms with Gasteiger partial charge in [-0.25, -0.2) is 9.78 Å². The Morgan fingerprint density at radius 2 is 2.20 bits per heavy atom. The van der Waals surface area contributed by atoms with Gasteiger partial charge in [-0.1, -0.05) is 18.5 Å². The summed E-state index contributed by atoms with van der Waals surface area (Å²) in [6.07, 6.45) is 5.08. The number of hydrogen-bond acceptors (Lipinski definition) is 4. The molecule has 1 aliphatic carbocycles. The molecule has 1 aliphatic rings. The summed E-state index contributed by atoms with van der Waals surface area (Å²) in [4.78, 5) is 15.2. The second kappa shape index (κ2) is 5.97. The molecule has 0 bridgehead atoms. The number of aromatic carboxylic acids is 1. The number of carboxylic acid groups (broad SMARTS) is 1. The van der Waals surface area contributed by atoms with Gasteiger partial charge in [0.1, 0.15) is 5.82 Å². The minimum Gasteiger partial charge on any atom is -0.478 e. The molecule has 1 fully saturated rings. The van der Waals surface area contributed by atoms with Crippen molar-refractivity contribution in [3.05, 3.63) is 22.8 Å². The van der Waals surface area contributed by atoms with E-state index in [1.54, 1.807) is 0 Å². The Kier molecular flexibility index (Phi) is 4.50. The zero-order valence-corrected chi connectivity index (χ0v) is 12.2. The van der Waals surface area contributed by atoms with Crippen molar-refractivity contribution < 1.29 is 15.0 Å². The molecule has 0 saturated heterocycles. The number of pyridine rings is 1. The fourth-order valence-electron chi connectivity index (χ4n) is 2.58. The molecule has 20 heavy (non-hydrogen) atoms. The van der Waals surface area contributed by atoms with Crippen molar-refractivity contribution >= 4 is 23.4 Å². The van der Waals surface area contributed by atoms with E-state index in [-0.39, 0.29) is 17.2 Å². The normalized spacial score (nSPS) is 26.2. The van der Waals surface area contributed by atoms with Gasteiger partial charge in [0.2, 0.25) is 0 Å². The highest BCUT2D eigenvalue weighted by atomic mass is 35.5. The van der Waals surface area contributed by atoms with Crippen LogP contribution in [0.1, 0.15) is 43.0 Å². The first-order valence-electron chi connectivity index (χ1n) is 6.74. The Hall–Kier alpha value is -1.33. The second-order valence-corrected chi connectivity index (χ2v) is 6.01. The molecule has 0 aromatic carbocycles. The molecule has 2 rings (SSSR count). The number of carbonyl (C=O) groups is 1. The van der Waals surface area contributed by atoms with Crippen LogP contribution in [0.2, 0.25) is 5.02 Å². The van der Waals surface area contributed by atoms with Gasteiger partial charge in [-0.05, 0) is 37.7 Å². The quantitative estimate of drug-likeness (QED) is 0.796. The number of carboxylic acids is 1. The van der Waals surface area contributed by atoms with E-state index in [0.29, 0.717) is 11.7 Å². The maximum atomic E-state index is 11.1. The number of hydrogen-bond donors (Lipinski definition) is 3. The van der Waals surface area contributed by atoms with Crippen LogP contribution < -0.4 is 5.32 Å². The maximum absolute atomic E-state index is 11.1. The summed E-state index contributed by atoms with van der Waals surface area (Å²) in [5, 5.41) is 22.1. The zero-order chi connectivity index (χ0) is 14.8. The molecule has 110 valence electrons. The Morgan fingerprint density at radius 3 is 2.75 bits per heavy atom. The summed E-state index contributed by atoms with van der Waals surface area (Å²) >= 11 is 5.80. The van der Waals surface area contributed by atoms with Gasteiger partial charge in [0.05, 0.1) is 22.7 Å². The molecule has 3 N–H and O–H groups in total. The first kappa shape index (κ1) is 15.1. The van der Waals surface area contributed by atoms with Crippen molar-refractivity contribution in [3.8, 4) is 0 Å². The van der Waals surface area contributed by atoms with Crippen LogP contribution >= 0.6 is 11.6 Å². The Bertz CT molecular complexity index is 499. The third-order valence-electron chi connectivity index (χ3n) is 4.01. The van der Waals surface area contributed by atoms with Crippen LogP contribution in [0.3, 0.4) is 0 Å². The molecular formula is C14H19ClN2O3. The number of rotatable bonds is 4. The summed E-state index contributed by atoms with van der Waals surface area (Å²) < 4.78 is 0. The van der Waals surface area contributed by atoms with Crippen LogP contribution in [-0.2, 0) is 0 Å². The minimum absolute atomic E-state index is 0.00638. The van der Waals surface area contributed by atoms with Gasteiger partial charge in [0.15, 0.2) is 0 Å². The minimum atomic E-state index is -1.09. The third kappa shape index (κ3) is 3.22. The van der Waals surface area contributed by atoms with Crippen LogP contribution in [-0.4, -0.2) is 33.3 Å². The standard InChI is InChI=1S/C14H19ClN2O3/c1-9-2-4-14(8-18,5-3-9)17-12-6-10(13(19)20)11(15)7-16-12/h6-7,9,18H,2-5,8H2,1H3,(H,16,17)(H,19,20). The van der Waals surface area contributed by atoms with E-state index in [1.807, 2.05) is 0 Å². The van der Waals surface area contributed by atoms with Crippen molar-refractivity contribution in [3.63, 3.8) is 0 Å². The Balaban J connectivity index is 2.20. The van der Waals surface area contributed by atoms with Crippen molar-refractivity contribution in [2.45, 2.75) is 38.1 Å². The second-order valence-electron chi connectivity index (χ2n) is 5.60. The lowest BCUT2D eigenvalue weighted by Gasteiger charge is -2.39. The predicted molar refractivity (Wildman–Crippen MR) is 77.3 cm³/mol. The zero-order valence-electron chi connectivity index (χ0n) is 11.4. The van der Waals surface area contributed by atoms with E-state index in [1.165, 1.54) is 12.3 Å². The highest BCUT2D eigenvalue weighted by Crippen LogP contribution is 2.34. The molecular weight excluding hydrogens is 280 g/mol. The molecule has 1 saturated carbocycles. The first-order chi connectivity index (χ1) is 9.46. The van der Waals surface area contributed by atoms with Crippen LogP contribution in [0.5, 0.6) is 0 Å². The van der Waals surface area contributed by atoms with E-state index in [4.69, 9.17) is 16.7 Å². The SMILES string of the molecule is CC1CCC(CO)(Nc2cc(C(=O)O)c(Cl)cn2)CC1. The lowest BCUT2D eigenvalue weighted by atomic mass is 9.77. The van der Waals surface area contributed by atoms with Gasteiger partial charge in [-0.3, -0.25) is 0 Å². The molecule has 0 radical (unpaired) electrons. The maximum Gasteiger partial charge on any atom is 0.337 e. The van der Waals surface area contributed by atoms with Gasteiger partial charge in [0.25, 0.3) is 0 Å². The smallest absolute Gasteiger partial charge is 0.337 e. The van der Waals surface area contributed by atoms with E-state index in [2.05, 4.69) is 17.2 Å². The fraction of sp³-hybridized carbons (Fsp3) is 0.571. The van der Waals surface area contributed by atoms with Crippen LogP contribution in [0.15, 0.2) is 12.3 Å². The molecule has 0 unspecified atom stereocenters.